The summed E-state index contributed by atoms with van der Waals surface area (Å²) in [6.07, 6.45) is 1.36. The molecular formula is C16H26N4O4. The maximum absolute atomic E-state index is 12.1. The molecule has 1 aliphatic rings. The molecule has 1 saturated heterocycles. The predicted molar refractivity (Wildman–Crippen MR) is 87.6 cm³/mol. The molecule has 2 rings (SSSR count). The van der Waals surface area contributed by atoms with E-state index in [-0.39, 0.29) is 12.5 Å². The number of hydrogen-bond donors (Lipinski definition) is 1. The van der Waals surface area contributed by atoms with Crippen LogP contribution in [0.5, 0.6) is 0 Å². The van der Waals surface area contributed by atoms with E-state index in [2.05, 4.69) is 10.4 Å². The van der Waals surface area contributed by atoms with Crippen molar-refractivity contribution in [3.63, 3.8) is 0 Å². The van der Waals surface area contributed by atoms with Gasteiger partial charge in [-0.05, 0) is 12.5 Å². The van der Waals surface area contributed by atoms with Crippen LogP contribution in [0.15, 0.2) is 6.07 Å². The number of aromatic nitrogens is 2. The third-order valence-electron chi connectivity index (χ3n) is 3.77. The first kappa shape index (κ1) is 18.3. The number of carbonyl (C=O) groups excluding carboxylic acids is 2. The summed E-state index contributed by atoms with van der Waals surface area (Å²) in [5.41, 5.74) is 1.15. The van der Waals surface area contributed by atoms with Crippen LogP contribution in [-0.4, -0.2) is 60.6 Å². The second kappa shape index (κ2) is 8.68. The quantitative estimate of drug-likeness (QED) is 0.721. The van der Waals surface area contributed by atoms with Crippen LogP contribution < -0.4 is 5.32 Å². The molecule has 1 aromatic heterocycles. The summed E-state index contributed by atoms with van der Waals surface area (Å²) < 4.78 is 12.0. The molecule has 1 aromatic rings. The number of unbranched alkanes of at least 4 members (excludes halogenated alkanes) is 1. The van der Waals surface area contributed by atoms with Gasteiger partial charge in [-0.15, -0.1) is 0 Å². The minimum absolute atomic E-state index is 0.162. The van der Waals surface area contributed by atoms with Crippen molar-refractivity contribution in [1.29, 1.82) is 0 Å². The first-order valence-corrected chi connectivity index (χ1v) is 8.28. The van der Waals surface area contributed by atoms with E-state index in [1.807, 2.05) is 6.92 Å². The van der Waals surface area contributed by atoms with Crippen molar-refractivity contribution in [2.24, 2.45) is 5.92 Å². The summed E-state index contributed by atoms with van der Waals surface area (Å²) >= 11 is 0. The Morgan fingerprint density at radius 2 is 2.21 bits per heavy atom. The zero-order valence-corrected chi connectivity index (χ0v) is 14.6. The number of carbonyl (C=O) groups is 2. The van der Waals surface area contributed by atoms with Gasteiger partial charge in [0.15, 0.2) is 5.69 Å². The van der Waals surface area contributed by atoms with Crippen LogP contribution in [0.3, 0.4) is 0 Å². The van der Waals surface area contributed by atoms with Gasteiger partial charge >= 0.3 is 6.09 Å². The molecule has 2 amide bonds. The maximum atomic E-state index is 12.1. The molecule has 0 atom stereocenters. The Labute approximate surface area is 142 Å². The van der Waals surface area contributed by atoms with Crippen LogP contribution in [0.4, 0.5) is 4.79 Å². The number of amides is 2. The fourth-order valence-electron chi connectivity index (χ4n) is 2.25. The summed E-state index contributed by atoms with van der Waals surface area (Å²) in [5, 5.41) is 7.10. The smallest absolute Gasteiger partial charge is 0.407 e. The van der Waals surface area contributed by atoms with Crippen LogP contribution in [0.25, 0.3) is 0 Å². The molecule has 2 heterocycles. The first-order valence-electron chi connectivity index (χ1n) is 8.28. The van der Waals surface area contributed by atoms with Gasteiger partial charge in [-0.2, -0.15) is 5.10 Å². The lowest BCUT2D eigenvalue weighted by Crippen LogP contribution is -2.33. The molecule has 0 radical (unpaired) electrons. The fraction of sp³-hybridized carbons (Fsp3) is 0.688. The maximum Gasteiger partial charge on any atom is 0.407 e. The first-order chi connectivity index (χ1) is 11.5. The van der Waals surface area contributed by atoms with Crippen molar-refractivity contribution >= 4 is 12.0 Å². The van der Waals surface area contributed by atoms with Gasteiger partial charge in [0.1, 0.15) is 0 Å². The van der Waals surface area contributed by atoms with E-state index in [1.165, 1.54) is 4.90 Å². The number of hydrogen-bond acceptors (Lipinski definition) is 5. The van der Waals surface area contributed by atoms with Crippen molar-refractivity contribution in [1.82, 2.24) is 20.0 Å². The molecule has 1 aliphatic heterocycles. The summed E-state index contributed by atoms with van der Waals surface area (Å²) in [7, 11) is 3.37. The number of nitrogens with zero attached hydrogens (tertiary/aromatic N) is 3. The second-order valence-corrected chi connectivity index (χ2v) is 6.15. The van der Waals surface area contributed by atoms with Gasteiger partial charge < -0.3 is 19.7 Å². The molecule has 8 nitrogen and oxygen atoms in total. The monoisotopic (exact) mass is 338 g/mol. The van der Waals surface area contributed by atoms with E-state index in [1.54, 1.807) is 24.8 Å². The Balaban J connectivity index is 1.99. The second-order valence-electron chi connectivity index (χ2n) is 6.15. The number of ether oxygens (including phenoxy) is 2. The van der Waals surface area contributed by atoms with E-state index >= 15 is 0 Å². The number of rotatable bonds is 8. The molecule has 0 bridgehead atoms. The molecule has 1 N–H and O–H groups in total. The molecule has 134 valence electrons. The topological polar surface area (TPSA) is 85.7 Å². The zero-order valence-electron chi connectivity index (χ0n) is 14.6. The van der Waals surface area contributed by atoms with Crippen LogP contribution in [-0.2, 0) is 22.6 Å². The lowest BCUT2D eigenvalue weighted by molar-refractivity contribution is -0.0412. The van der Waals surface area contributed by atoms with Crippen molar-refractivity contribution < 1.29 is 19.1 Å². The minimum Gasteiger partial charge on any atom is -0.450 e. The van der Waals surface area contributed by atoms with Crippen molar-refractivity contribution in [2.75, 3.05) is 33.9 Å². The van der Waals surface area contributed by atoms with Crippen molar-refractivity contribution in [3.05, 3.63) is 17.5 Å². The molecule has 0 unspecified atom stereocenters. The third kappa shape index (κ3) is 4.95. The average Bonchev–Trinajstić information content (AvgIpc) is 2.91. The van der Waals surface area contributed by atoms with E-state index in [0.29, 0.717) is 38.0 Å². The molecular weight excluding hydrogens is 312 g/mol. The highest BCUT2D eigenvalue weighted by atomic mass is 16.5. The molecule has 1 fully saturated rings. The third-order valence-corrected chi connectivity index (χ3v) is 3.77. The molecule has 8 heteroatoms. The standard InChI is InChI=1S/C16H26N4O4/c1-4-5-6-24-16(22)17-8-13-7-14(15(21)19(2)3)18-20(13)9-12-10-23-11-12/h7,12H,4-6,8-11H2,1-3H3,(H,17,22). The predicted octanol–water partition coefficient (Wildman–Crippen LogP) is 1.26. The van der Waals surface area contributed by atoms with Crippen LogP contribution in [0.1, 0.15) is 35.9 Å². The molecule has 0 aromatic carbocycles. The molecule has 0 saturated carbocycles. The van der Waals surface area contributed by atoms with E-state index in [0.717, 1.165) is 18.5 Å². The lowest BCUT2D eigenvalue weighted by Gasteiger charge is -2.26. The normalized spacial score (nSPS) is 14.1. The Hall–Kier alpha value is -2.09. The van der Waals surface area contributed by atoms with Crippen molar-refractivity contribution in [3.8, 4) is 0 Å². The average molecular weight is 338 g/mol. The van der Waals surface area contributed by atoms with Gasteiger partial charge in [0.05, 0.1) is 32.1 Å². The highest BCUT2D eigenvalue weighted by molar-refractivity contribution is 5.92. The van der Waals surface area contributed by atoms with E-state index in [9.17, 15) is 9.59 Å². The van der Waals surface area contributed by atoms with Gasteiger partial charge in [0.2, 0.25) is 0 Å². The van der Waals surface area contributed by atoms with Crippen LogP contribution >= 0.6 is 0 Å². The fourth-order valence-corrected chi connectivity index (χ4v) is 2.25. The Morgan fingerprint density at radius 3 is 2.79 bits per heavy atom. The largest absolute Gasteiger partial charge is 0.450 e. The van der Waals surface area contributed by atoms with Crippen LogP contribution in [0, 0.1) is 5.92 Å². The summed E-state index contributed by atoms with van der Waals surface area (Å²) in [6, 6.07) is 1.72. The van der Waals surface area contributed by atoms with Gasteiger partial charge in [0.25, 0.3) is 5.91 Å². The molecule has 24 heavy (non-hydrogen) atoms. The Kier molecular flexibility index (Phi) is 6.60. The Bertz CT molecular complexity index is 566. The van der Waals surface area contributed by atoms with Crippen LogP contribution in [0.2, 0.25) is 0 Å². The minimum atomic E-state index is -0.455. The van der Waals surface area contributed by atoms with Gasteiger partial charge in [-0.3, -0.25) is 9.48 Å². The van der Waals surface area contributed by atoms with Gasteiger partial charge in [-0.1, -0.05) is 13.3 Å². The molecule has 0 spiro atoms. The highest BCUT2D eigenvalue weighted by Gasteiger charge is 2.23. The summed E-state index contributed by atoms with van der Waals surface area (Å²) in [4.78, 5) is 25.3. The zero-order chi connectivity index (χ0) is 17.5. The van der Waals surface area contributed by atoms with Gasteiger partial charge in [0, 0.05) is 26.6 Å². The summed E-state index contributed by atoms with van der Waals surface area (Å²) in [6.45, 7) is 4.78. The Morgan fingerprint density at radius 1 is 1.46 bits per heavy atom. The lowest BCUT2D eigenvalue weighted by atomic mass is 10.1. The van der Waals surface area contributed by atoms with E-state index in [4.69, 9.17) is 9.47 Å². The molecule has 0 aliphatic carbocycles. The van der Waals surface area contributed by atoms with Gasteiger partial charge in [-0.25, -0.2) is 4.79 Å². The van der Waals surface area contributed by atoms with E-state index < -0.39 is 6.09 Å². The SMILES string of the molecule is CCCCOC(=O)NCc1cc(C(=O)N(C)C)nn1CC1COC1. The van der Waals surface area contributed by atoms with Crippen molar-refractivity contribution in [2.45, 2.75) is 32.9 Å². The summed E-state index contributed by atoms with van der Waals surface area (Å²) in [5.74, 6) is 0.229. The highest BCUT2D eigenvalue weighted by Crippen LogP contribution is 2.15. The number of alkyl carbamates (subject to hydrolysis) is 1. The number of nitrogens with one attached hydrogen (secondary N) is 1.